The maximum atomic E-state index is 11.3. The Morgan fingerprint density at radius 3 is 3.23 bits per heavy atom. The van der Waals surface area contributed by atoms with Crippen LogP contribution in [0.5, 0.6) is 0 Å². The lowest BCUT2D eigenvalue weighted by atomic mass is 10.2. The fourth-order valence-corrected chi connectivity index (χ4v) is 2.58. The number of hydrogen-bond acceptors (Lipinski definition) is 3. The van der Waals surface area contributed by atoms with Crippen molar-refractivity contribution in [2.24, 2.45) is 0 Å². The second-order valence-electron chi connectivity index (χ2n) is 3.24. The number of carbonyl (C=O) groups is 1. The van der Waals surface area contributed by atoms with Crippen LogP contribution in [0.3, 0.4) is 0 Å². The third-order valence-electron chi connectivity index (χ3n) is 2.39. The van der Waals surface area contributed by atoms with Crippen LogP contribution in [-0.2, 0) is 4.79 Å². The summed E-state index contributed by atoms with van der Waals surface area (Å²) in [5, 5.41) is 3.04. The number of thiazole rings is 1. The van der Waals surface area contributed by atoms with Gasteiger partial charge in [-0.15, -0.1) is 11.3 Å². The Morgan fingerprint density at radius 2 is 2.62 bits per heavy atom. The molecule has 1 saturated heterocycles. The van der Waals surface area contributed by atoms with Gasteiger partial charge in [0.25, 0.3) is 0 Å². The molecule has 4 heteroatoms. The van der Waals surface area contributed by atoms with E-state index in [4.69, 9.17) is 0 Å². The molecule has 0 radical (unpaired) electrons. The largest absolute Gasteiger partial charge is 0.333 e. The average Bonchev–Trinajstić information content (AvgIpc) is 2.74. The van der Waals surface area contributed by atoms with Crippen molar-refractivity contribution < 1.29 is 4.79 Å². The van der Waals surface area contributed by atoms with Crippen molar-refractivity contribution in [3.63, 3.8) is 0 Å². The van der Waals surface area contributed by atoms with Crippen molar-refractivity contribution in [3.8, 4) is 0 Å². The summed E-state index contributed by atoms with van der Waals surface area (Å²) in [7, 11) is 0. The van der Waals surface area contributed by atoms with E-state index in [1.807, 2.05) is 10.3 Å². The molecule has 2 heterocycles. The minimum Gasteiger partial charge on any atom is -0.333 e. The molecule has 13 heavy (non-hydrogen) atoms. The first-order valence-corrected chi connectivity index (χ1v) is 5.33. The van der Waals surface area contributed by atoms with E-state index in [-0.39, 0.29) is 11.9 Å². The predicted molar refractivity (Wildman–Crippen MR) is 51.5 cm³/mol. The molecule has 1 aliphatic heterocycles. The van der Waals surface area contributed by atoms with Crippen LogP contribution in [0.25, 0.3) is 0 Å². The molecule has 1 aromatic heterocycles. The molecular formula is C9H12N2OS. The molecule has 1 fully saturated rings. The number of amides is 1. The van der Waals surface area contributed by atoms with Gasteiger partial charge in [0, 0.05) is 25.0 Å². The van der Waals surface area contributed by atoms with Gasteiger partial charge in [-0.25, -0.2) is 4.98 Å². The lowest BCUT2D eigenvalue weighted by Crippen LogP contribution is -2.27. The number of nitrogens with zero attached hydrogens (tertiary/aromatic N) is 2. The van der Waals surface area contributed by atoms with Crippen LogP contribution in [0.15, 0.2) is 11.6 Å². The number of aromatic nitrogens is 1. The van der Waals surface area contributed by atoms with Crippen molar-refractivity contribution in [1.82, 2.24) is 9.88 Å². The van der Waals surface area contributed by atoms with Gasteiger partial charge in [-0.3, -0.25) is 4.79 Å². The lowest BCUT2D eigenvalue weighted by molar-refractivity contribution is -0.129. The Hall–Kier alpha value is -0.900. The fraction of sp³-hybridized carbons (Fsp3) is 0.556. The maximum absolute atomic E-state index is 11.3. The minimum absolute atomic E-state index is 0.165. The highest BCUT2D eigenvalue weighted by Crippen LogP contribution is 2.32. The molecule has 70 valence electrons. The zero-order valence-corrected chi connectivity index (χ0v) is 8.38. The van der Waals surface area contributed by atoms with Crippen molar-refractivity contribution in [2.75, 3.05) is 6.54 Å². The molecule has 1 aromatic rings. The first kappa shape index (κ1) is 8.69. The highest BCUT2D eigenvalue weighted by molar-refractivity contribution is 7.09. The van der Waals surface area contributed by atoms with Gasteiger partial charge < -0.3 is 4.90 Å². The highest BCUT2D eigenvalue weighted by atomic mass is 32.1. The van der Waals surface area contributed by atoms with E-state index in [2.05, 4.69) is 4.98 Å². The molecule has 0 aliphatic carbocycles. The van der Waals surface area contributed by atoms with Crippen LogP contribution in [0.2, 0.25) is 0 Å². The second-order valence-corrected chi connectivity index (χ2v) is 4.17. The van der Waals surface area contributed by atoms with Gasteiger partial charge in [0.1, 0.15) is 5.01 Å². The molecular weight excluding hydrogens is 184 g/mol. The van der Waals surface area contributed by atoms with E-state index in [0.717, 1.165) is 24.4 Å². The molecule has 0 bridgehead atoms. The molecule has 0 spiro atoms. The smallest absolute Gasteiger partial charge is 0.220 e. The quantitative estimate of drug-likeness (QED) is 0.686. The van der Waals surface area contributed by atoms with Crippen LogP contribution in [0, 0.1) is 0 Å². The monoisotopic (exact) mass is 196 g/mol. The van der Waals surface area contributed by atoms with Gasteiger partial charge in [0.15, 0.2) is 0 Å². The van der Waals surface area contributed by atoms with Crippen LogP contribution in [0.1, 0.15) is 30.8 Å². The Labute approximate surface area is 81.4 Å². The van der Waals surface area contributed by atoms with Crippen LogP contribution in [-0.4, -0.2) is 22.3 Å². The maximum Gasteiger partial charge on any atom is 0.220 e. The topological polar surface area (TPSA) is 33.2 Å². The van der Waals surface area contributed by atoms with Crippen molar-refractivity contribution in [2.45, 2.75) is 25.8 Å². The van der Waals surface area contributed by atoms with E-state index >= 15 is 0 Å². The predicted octanol–water partition coefficient (Wildman–Crippen LogP) is 1.83. The highest BCUT2D eigenvalue weighted by Gasteiger charge is 2.29. The van der Waals surface area contributed by atoms with Crippen molar-refractivity contribution >= 4 is 17.2 Å². The van der Waals surface area contributed by atoms with Crippen molar-refractivity contribution in [1.29, 1.82) is 0 Å². The Bertz CT molecular complexity index is 297. The molecule has 0 saturated carbocycles. The molecule has 2 rings (SSSR count). The summed E-state index contributed by atoms with van der Waals surface area (Å²) in [6.45, 7) is 2.52. The van der Waals surface area contributed by atoms with Gasteiger partial charge in [-0.05, 0) is 12.8 Å². The van der Waals surface area contributed by atoms with Crippen LogP contribution < -0.4 is 0 Å². The molecule has 1 unspecified atom stereocenters. The lowest BCUT2D eigenvalue weighted by Gasteiger charge is -2.20. The standard InChI is InChI=1S/C9H12N2OS/c1-7(12)11-5-2-3-8(11)9-10-4-6-13-9/h4,6,8H,2-3,5H2,1H3. The second kappa shape index (κ2) is 3.46. The molecule has 0 N–H and O–H groups in total. The molecule has 0 aromatic carbocycles. The Kier molecular flexibility index (Phi) is 2.31. The van der Waals surface area contributed by atoms with Gasteiger partial charge >= 0.3 is 0 Å². The summed E-state index contributed by atoms with van der Waals surface area (Å²) in [4.78, 5) is 17.4. The van der Waals surface area contributed by atoms with E-state index in [1.165, 1.54) is 0 Å². The third kappa shape index (κ3) is 1.58. The SMILES string of the molecule is CC(=O)N1CCCC1c1nccs1. The first-order chi connectivity index (χ1) is 6.29. The fourth-order valence-electron chi connectivity index (χ4n) is 1.80. The summed E-state index contributed by atoms with van der Waals surface area (Å²) in [6.07, 6.45) is 3.97. The molecule has 1 amide bonds. The summed E-state index contributed by atoms with van der Waals surface area (Å²) in [5.74, 6) is 0.165. The van der Waals surface area contributed by atoms with Crippen LogP contribution in [0.4, 0.5) is 0 Å². The van der Waals surface area contributed by atoms with Crippen LogP contribution >= 0.6 is 11.3 Å². The first-order valence-electron chi connectivity index (χ1n) is 4.45. The Balaban J connectivity index is 2.19. The molecule has 1 atom stereocenters. The van der Waals surface area contributed by atoms with Gasteiger partial charge in [0.05, 0.1) is 6.04 Å². The van der Waals surface area contributed by atoms with E-state index < -0.39 is 0 Å². The zero-order chi connectivity index (χ0) is 9.26. The molecule has 3 nitrogen and oxygen atoms in total. The van der Waals surface area contributed by atoms with Crippen molar-refractivity contribution in [3.05, 3.63) is 16.6 Å². The van der Waals surface area contributed by atoms with Gasteiger partial charge in [0.2, 0.25) is 5.91 Å². The Morgan fingerprint density at radius 1 is 1.77 bits per heavy atom. The van der Waals surface area contributed by atoms with E-state index in [0.29, 0.717) is 0 Å². The number of hydrogen-bond donors (Lipinski definition) is 0. The number of rotatable bonds is 1. The third-order valence-corrected chi connectivity index (χ3v) is 3.27. The normalized spacial score (nSPS) is 22.2. The zero-order valence-electron chi connectivity index (χ0n) is 7.56. The van der Waals surface area contributed by atoms with E-state index in [1.54, 1.807) is 24.5 Å². The number of likely N-dealkylation sites (tertiary alicyclic amines) is 1. The number of carbonyl (C=O) groups excluding carboxylic acids is 1. The summed E-state index contributed by atoms with van der Waals surface area (Å²) < 4.78 is 0. The summed E-state index contributed by atoms with van der Waals surface area (Å²) in [5.41, 5.74) is 0. The summed E-state index contributed by atoms with van der Waals surface area (Å²) >= 11 is 1.64. The van der Waals surface area contributed by atoms with Gasteiger partial charge in [-0.2, -0.15) is 0 Å². The molecule has 1 aliphatic rings. The summed E-state index contributed by atoms with van der Waals surface area (Å²) in [6, 6.07) is 0.248. The van der Waals surface area contributed by atoms with E-state index in [9.17, 15) is 4.79 Å². The minimum atomic E-state index is 0.165. The average molecular weight is 196 g/mol. The van der Waals surface area contributed by atoms with Gasteiger partial charge in [-0.1, -0.05) is 0 Å².